The largest absolute Gasteiger partial charge is 0.352 e. The van der Waals surface area contributed by atoms with Gasteiger partial charge in [-0.25, -0.2) is 4.68 Å². The fourth-order valence-electron chi connectivity index (χ4n) is 1.89. The number of hydrogen-bond acceptors (Lipinski definition) is 2. The van der Waals surface area contributed by atoms with Gasteiger partial charge in [-0.05, 0) is 32.9 Å². The molecule has 5 heteroatoms. The molecular formula is C16H23N5. The Labute approximate surface area is 126 Å². The number of nitrogens with zero attached hydrogens (tertiary/aromatic N) is 3. The van der Waals surface area contributed by atoms with Crippen molar-refractivity contribution in [3.05, 3.63) is 48.3 Å². The van der Waals surface area contributed by atoms with Crippen LogP contribution in [-0.4, -0.2) is 28.3 Å². The van der Waals surface area contributed by atoms with E-state index in [-0.39, 0.29) is 5.54 Å². The predicted molar refractivity (Wildman–Crippen MR) is 86.7 cm³/mol. The molecule has 0 aliphatic carbocycles. The van der Waals surface area contributed by atoms with Crippen LogP contribution < -0.4 is 10.6 Å². The van der Waals surface area contributed by atoms with Crippen LogP contribution in [0, 0.1) is 0 Å². The summed E-state index contributed by atoms with van der Waals surface area (Å²) in [6.45, 7) is 7.00. The van der Waals surface area contributed by atoms with Crippen LogP contribution in [0.3, 0.4) is 0 Å². The maximum atomic E-state index is 4.38. The average Bonchev–Trinajstić information content (AvgIpc) is 2.92. The number of benzene rings is 1. The number of guanidine groups is 1. The molecule has 2 rings (SSSR count). The highest BCUT2D eigenvalue weighted by Crippen LogP contribution is 2.07. The number of aliphatic imine (C=N–C) groups is 1. The van der Waals surface area contributed by atoms with Crippen molar-refractivity contribution in [1.29, 1.82) is 0 Å². The average molecular weight is 285 g/mol. The minimum absolute atomic E-state index is 0.0178. The molecule has 0 fully saturated rings. The van der Waals surface area contributed by atoms with Gasteiger partial charge in [0.15, 0.2) is 5.96 Å². The Hall–Kier alpha value is -2.30. The first-order chi connectivity index (χ1) is 9.98. The van der Waals surface area contributed by atoms with Crippen molar-refractivity contribution in [2.75, 3.05) is 7.05 Å². The maximum absolute atomic E-state index is 4.38. The summed E-state index contributed by atoms with van der Waals surface area (Å²) in [7, 11) is 1.77. The number of rotatable bonds is 3. The van der Waals surface area contributed by atoms with E-state index in [1.165, 1.54) is 0 Å². The topological polar surface area (TPSA) is 54.2 Å². The van der Waals surface area contributed by atoms with E-state index in [9.17, 15) is 0 Å². The lowest BCUT2D eigenvalue weighted by Gasteiger charge is -2.23. The zero-order chi connectivity index (χ0) is 15.3. The molecule has 0 spiro atoms. The Kier molecular flexibility index (Phi) is 4.62. The highest BCUT2D eigenvalue weighted by molar-refractivity contribution is 5.80. The molecule has 0 aliphatic heterocycles. The summed E-state index contributed by atoms with van der Waals surface area (Å²) in [6.07, 6.45) is 3.89. The van der Waals surface area contributed by atoms with Gasteiger partial charge in [0.2, 0.25) is 0 Å². The summed E-state index contributed by atoms with van der Waals surface area (Å²) in [5, 5.41) is 11.0. The molecule has 0 amide bonds. The molecule has 0 atom stereocenters. The van der Waals surface area contributed by atoms with Gasteiger partial charge in [0.25, 0.3) is 0 Å². The van der Waals surface area contributed by atoms with Crippen molar-refractivity contribution >= 4 is 5.96 Å². The second-order valence-corrected chi connectivity index (χ2v) is 5.93. The van der Waals surface area contributed by atoms with Crippen molar-refractivity contribution in [1.82, 2.24) is 20.4 Å². The minimum Gasteiger partial charge on any atom is -0.352 e. The van der Waals surface area contributed by atoms with Crippen LogP contribution in [0.15, 0.2) is 47.7 Å². The first-order valence-corrected chi connectivity index (χ1v) is 7.06. The van der Waals surface area contributed by atoms with Crippen LogP contribution in [0.4, 0.5) is 0 Å². The molecular weight excluding hydrogens is 262 g/mol. The smallest absolute Gasteiger partial charge is 0.191 e. The van der Waals surface area contributed by atoms with Crippen LogP contribution in [-0.2, 0) is 6.54 Å². The van der Waals surface area contributed by atoms with E-state index in [0.717, 1.165) is 17.2 Å². The molecule has 2 aromatic rings. The summed E-state index contributed by atoms with van der Waals surface area (Å²) in [4.78, 5) is 4.22. The molecule has 1 heterocycles. The lowest BCUT2D eigenvalue weighted by molar-refractivity contribution is 0.501. The fourth-order valence-corrected chi connectivity index (χ4v) is 1.89. The summed E-state index contributed by atoms with van der Waals surface area (Å²) >= 11 is 0. The second kappa shape index (κ2) is 6.43. The third-order valence-electron chi connectivity index (χ3n) is 2.83. The van der Waals surface area contributed by atoms with Gasteiger partial charge in [0.1, 0.15) is 0 Å². The molecule has 0 saturated carbocycles. The quantitative estimate of drug-likeness (QED) is 0.672. The molecule has 0 unspecified atom stereocenters. The van der Waals surface area contributed by atoms with E-state index < -0.39 is 0 Å². The lowest BCUT2D eigenvalue weighted by atomic mass is 10.1. The van der Waals surface area contributed by atoms with Gasteiger partial charge >= 0.3 is 0 Å². The van der Waals surface area contributed by atoms with Gasteiger partial charge in [-0.15, -0.1) is 0 Å². The number of para-hydroxylation sites is 1. The van der Waals surface area contributed by atoms with E-state index in [4.69, 9.17) is 0 Å². The van der Waals surface area contributed by atoms with Crippen LogP contribution >= 0.6 is 0 Å². The highest BCUT2D eigenvalue weighted by Gasteiger charge is 2.11. The van der Waals surface area contributed by atoms with Gasteiger partial charge in [-0.1, -0.05) is 18.2 Å². The highest BCUT2D eigenvalue weighted by atomic mass is 15.3. The molecule has 0 bridgehead atoms. The van der Waals surface area contributed by atoms with E-state index in [0.29, 0.717) is 6.54 Å². The normalized spacial score (nSPS) is 12.3. The van der Waals surface area contributed by atoms with Crippen LogP contribution in [0.5, 0.6) is 0 Å². The number of hydrogen-bond donors (Lipinski definition) is 2. The Morgan fingerprint density at radius 2 is 1.95 bits per heavy atom. The second-order valence-electron chi connectivity index (χ2n) is 5.93. The molecule has 0 aliphatic rings. The minimum atomic E-state index is -0.0178. The van der Waals surface area contributed by atoms with Crippen LogP contribution in [0.2, 0.25) is 0 Å². The van der Waals surface area contributed by atoms with E-state index >= 15 is 0 Å². The SMILES string of the molecule is CN=C(NCc1cnn(-c2ccccc2)c1)NC(C)(C)C. The zero-order valence-corrected chi connectivity index (χ0v) is 13.1. The van der Waals surface area contributed by atoms with Gasteiger partial charge in [0.05, 0.1) is 11.9 Å². The Morgan fingerprint density at radius 3 is 2.57 bits per heavy atom. The molecule has 0 saturated heterocycles. The third-order valence-corrected chi connectivity index (χ3v) is 2.83. The summed E-state index contributed by atoms with van der Waals surface area (Å²) in [5.41, 5.74) is 2.15. The van der Waals surface area contributed by atoms with Gasteiger partial charge in [-0.3, -0.25) is 4.99 Å². The van der Waals surface area contributed by atoms with E-state index in [1.54, 1.807) is 7.05 Å². The van der Waals surface area contributed by atoms with Crippen molar-refractivity contribution in [2.45, 2.75) is 32.9 Å². The molecule has 21 heavy (non-hydrogen) atoms. The Bertz CT molecular complexity index is 593. The molecule has 5 nitrogen and oxygen atoms in total. The molecule has 2 N–H and O–H groups in total. The van der Waals surface area contributed by atoms with E-state index in [2.05, 4.69) is 41.5 Å². The summed E-state index contributed by atoms with van der Waals surface area (Å²) in [6, 6.07) is 10.1. The van der Waals surface area contributed by atoms with Crippen molar-refractivity contribution in [3.8, 4) is 5.69 Å². The Morgan fingerprint density at radius 1 is 1.24 bits per heavy atom. The van der Waals surface area contributed by atoms with Gasteiger partial charge in [-0.2, -0.15) is 5.10 Å². The van der Waals surface area contributed by atoms with Gasteiger partial charge in [0, 0.05) is 30.9 Å². The molecule has 1 aromatic heterocycles. The molecule has 112 valence electrons. The molecule has 1 aromatic carbocycles. The van der Waals surface area contributed by atoms with Crippen molar-refractivity contribution in [3.63, 3.8) is 0 Å². The monoisotopic (exact) mass is 285 g/mol. The third kappa shape index (κ3) is 4.63. The van der Waals surface area contributed by atoms with Crippen molar-refractivity contribution in [2.24, 2.45) is 4.99 Å². The predicted octanol–water partition coefficient (Wildman–Crippen LogP) is 2.34. The number of nitrogens with one attached hydrogen (secondary N) is 2. The molecule has 0 radical (unpaired) electrons. The van der Waals surface area contributed by atoms with Crippen molar-refractivity contribution < 1.29 is 0 Å². The first-order valence-electron chi connectivity index (χ1n) is 7.06. The maximum Gasteiger partial charge on any atom is 0.191 e. The van der Waals surface area contributed by atoms with Crippen LogP contribution in [0.1, 0.15) is 26.3 Å². The fraction of sp³-hybridized carbons (Fsp3) is 0.375. The first kappa shape index (κ1) is 15.1. The standard InChI is InChI=1S/C16H23N5/c1-16(2,3)20-15(17-4)18-10-13-11-19-21(12-13)14-8-6-5-7-9-14/h5-9,11-12H,10H2,1-4H3,(H2,17,18,20). The number of aromatic nitrogens is 2. The summed E-state index contributed by atoms with van der Waals surface area (Å²) in [5.74, 6) is 0.787. The van der Waals surface area contributed by atoms with Crippen LogP contribution in [0.25, 0.3) is 5.69 Å². The summed E-state index contributed by atoms with van der Waals surface area (Å²) < 4.78 is 1.87. The Balaban J connectivity index is 1.97. The zero-order valence-electron chi connectivity index (χ0n) is 13.1. The lowest BCUT2D eigenvalue weighted by Crippen LogP contribution is -2.47. The van der Waals surface area contributed by atoms with E-state index in [1.807, 2.05) is 47.4 Å². The van der Waals surface area contributed by atoms with Gasteiger partial charge < -0.3 is 10.6 Å².